The lowest BCUT2D eigenvalue weighted by Crippen LogP contribution is -2.19. The summed E-state index contributed by atoms with van der Waals surface area (Å²) in [5.74, 6) is 0. The van der Waals surface area contributed by atoms with Gasteiger partial charge in [-0.3, -0.25) is 0 Å². The van der Waals surface area contributed by atoms with Crippen LogP contribution < -0.4 is 0 Å². The largest absolute Gasteiger partial charge is 0.233 e. The maximum Gasteiger partial charge on any atom is 0.0741 e. The molecule has 160 valence electrons. The maximum atomic E-state index is 4.58. The van der Waals surface area contributed by atoms with E-state index in [9.17, 15) is 0 Å². The second-order valence-corrected chi connectivity index (χ2v) is 8.95. The van der Waals surface area contributed by atoms with Crippen molar-refractivity contribution in [2.45, 2.75) is 19.3 Å². The van der Waals surface area contributed by atoms with E-state index in [1.807, 2.05) is 46.0 Å². The van der Waals surface area contributed by atoms with Gasteiger partial charge in [-0.05, 0) is 47.5 Å². The highest BCUT2D eigenvalue weighted by molar-refractivity contribution is 5.80. The minimum Gasteiger partial charge on any atom is -0.233 e. The zero-order valence-electron chi connectivity index (χ0n) is 18.7. The third-order valence-corrected chi connectivity index (χ3v) is 6.62. The Morgan fingerprint density at radius 3 is 1.33 bits per heavy atom. The van der Waals surface area contributed by atoms with Crippen LogP contribution in [0.15, 0.2) is 109 Å². The molecule has 4 nitrogen and oxygen atoms in total. The summed E-state index contributed by atoms with van der Waals surface area (Å²) < 4.78 is 3.99. The highest BCUT2D eigenvalue weighted by Gasteiger charge is 2.23. The third kappa shape index (κ3) is 3.23. The molecule has 6 rings (SSSR count). The van der Waals surface area contributed by atoms with Crippen LogP contribution in [-0.2, 0) is 5.41 Å². The number of hydrogen-bond acceptors (Lipinski definition) is 2. The summed E-state index contributed by atoms with van der Waals surface area (Å²) in [5.41, 5.74) is 6.76. The SMILES string of the molecule is CC(C)(c1ccc(-n2ncc3ccccc32)cc1)c1ccc(-n2ncc3ccccc32)cc1. The smallest absolute Gasteiger partial charge is 0.0741 e. The molecule has 0 aliphatic heterocycles. The molecule has 2 heterocycles. The van der Waals surface area contributed by atoms with Crippen molar-refractivity contribution in [2.75, 3.05) is 0 Å². The highest BCUT2D eigenvalue weighted by Crippen LogP contribution is 2.33. The molecule has 0 saturated heterocycles. The summed E-state index contributed by atoms with van der Waals surface area (Å²) in [6.45, 7) is 4.53. The monoisotopic (exact) mass is 428 g/mol. The fourth-order valence-electron chi connectivity index (χ4n) is 4.56. The van der Waals surface area contributed by atoms with E-state index in [0.717, 1.165) is 33.2 Å². The van der Waals surface area contributed by atoms with Gasteiger partial charge in [0.15, 0.2) is 0 Å². The van der Waals surface area contributed by atoms with Gasteiger partial charge in [-0.15, -0.1) is 0 Å². The molecular weight excluding hydrogens is 404 g/mol. The zero-order chi connectivity index (χ0) is 22.4. The quantitative estimate of drug-likeness (QED) is 0.314. The van der Waals surface area contributed by atoms with Crippen molar-refractivity contribution in [1.29, 1.82) is 0 Å². The fraction of sp³-hybridized carbons (Fsp3) is 0.103. The molecule has 2 aromatic heterocycles. The first-order valence-electron chi connectivity index (χ1n) is 11.2. The third-order valence-electron chi connectivity index (χ3n) is 6.62. The molecule has 0 aliphatic rings. The van der Waals surface area contributed by atoms with E-state index in [1.165, 1.54) is 11.1 Å². The summed E-state index contributed by atoms with van der Waals surface area (Å²) in [5, 5.41) is 11.4. The second-order valence-electron chi connectivity index (χ2n) is 8.95. The summed E-state index contributed by atoms with van der Waals surface area (Å²) in [6, 6.07) is 34.0. The van der Waals surface area contributed by atoms with Crippen molar-refractivity contribution in [3.63, 3.8) is 0 Å². The number of nitrogens with zero attached hydrogens (tertiary/aromatic N) is 4. The molecule has 0 fully saturated rings. The molecule has 6 aromatic rings. The number of benzene rings is 4. The predicted molar refractivity (Wildman–Crippen MR) is 134 cm³/mol. The zero-order valence-corrected chi connectivity index (χ0v) is 18.7. The molecule has 4 aromatic carbocycles. The van der Waals surface area contributed by atoms with E-state index >= 15 is 0 Å². The fourth-order valence-corrected chi connectivity index (χ4v) is 4.56. The van der Waals surface area contributed by atoms with Gasteiger partial charge < -0.3 is 0 Å². The van der Waals surface area contributed by atoms with E-state index in [1.54, 1.807) is 0 Å². The molecule has 0 N–H and O–H groups in total. The Morgan fingerprint density at radius 2 is 0.909 bits per heavy atom. The van der Waals surface area contributed by atoms with E-state index < -0.39 is 0 Å². The lowest BCUT2D eigenvalue weighted by Gasteiger charge is -2.26. The first kappa shape index (κ1) is 19.5. The number of rotatable bonds is 4. The minimum absolute atomic E-state index is 0.130. The molecule has 0 amide bonds. The first-order valence-corrected chi connectivity index (χ1v) is 11.2. The van der Waals surface area contributed by atoms with Crippen LogP contribution in [0.3, 0.4) is 0 Å². The van der Waals surface area contributed by atoms with Crippen molar-refractivity contribution in [2.24, 2.45) is 0 Å². The van der Waals surface area contributed by atoms with Gasteiger partial charge in [-0.1, -0.05) is 74.5 Å². The number of fused-ring (bicyclic) bond motifs is 2. The second kappa shape index (κ2) is 7.45. The minimum atomic E-state index is -0.130. The molecule has 4 heteroatoms. The molecule has 0 radical (unpaired) electrons. The molecule has 0 unspecified atom stereocenters. The van der Waals surface area contributed by atoms with Crippen LogP contribution in [0.2, 0.25) is 0 Å². The van der Waals surface area contributed by atoms with Gasteiger partial charge in [0.1, 0.15) is 0 Å². The Morgan fingerprint density at radius 1 is 0.515 bits per heavy atom. The van der Waals surface area contributed by atoms with Crippen LogP contribution in [0.1, 0.15) is 25.0 Å². The molecule has 0 spiro atoms. The van der Waals surface area contributed by atoms with E-state index in [2.05, 4.69) is 96.8 Å². The Kier molecular flexibility index (Phi) is 4.40. The van der Waals surface area contributed by atoms with E-state index in [0.29, 0.717) is 0 Å². The molecular formula is C29H24N4. The Bertz CT molecular complexity index is 1450. The van der Waals surface area contributed by atoms with Gasteiger partial charge in [-0.2, -0.15) is 10.2 Å². The van der Waals surface area contributed by atoms with Gasteiger partial charge in [0.05, 0.1) is 34.8 Å². The van der Waals surface area contributed by atoms with Crippen LogP contribution >= 0.6 is 0 Å². The molecule has 0 bridgehead atoms. The first-order chi connectivity index (χ1) is 16.1. The van der Waals surface area contributed by atoms with Crippen LogP contribution in [-0.4, -0.2) is 19.6 Å². The van der Waals surface area contributed by atoms with E-state index in [4.69, 9.17) is 0 Å². The average molecular weight is 429 g/mol. The van der Waals surface area contributed by atoms with Crippen LogP contribution in [0.4, 0.5) is 0 Å². The number of hydrogen-bond donors (Lipinski definition) is 0. The average Bonchev–Trinajstić information content (AvgIpc) is 3.49. The van der Waals surface area contributed by atoms with Crippen molar-refractivity contribution < 1.29 is 0 Å². The van der Waals surface area contributed by atoms with Crippen molar-refractivity contribution in [1.82, 2.24) is 19.6 Å². The summed E-state index contributed by atoms with van der Waals surface area (Å²) in [4.78, 5) is 0. The maximum absolute atomic E-state index is 4.58. The van der Waals surface area contributed by atoms with Crippen molar-refractivity contribution in [3.8, 4) is 11.4 Å². The van der Waals surface area contributed by atoms with Crippen molar-refractivity contribution in [3.05, 3.63) is 121 Å². The van der Waals surface area contributed by atoms with Crippen LogP contribution in [0.25, 0.3) is 33.2 Å². The number of aromatic nitrogens is 4. The molecule has 0 aliphatic carbocycles. The summed E-state index contributed by atoms with van der Waals surface area (Å²) in [7, 11) is 0. The van der Waals surface area contributed by atoms with Crippen LogP contribution in [0, 0.1) is 0 Å². The lowest BCUT2D eigenvalue weighted by atomic mass is 9.78. The summed E-state index contributed by atoms with van der Waals surface area (Å²) in [6.07, 6.45) is 3.83. The molecule has 0 atom stereocenters. The Hall–Kier alpha value is -4.18. The van der Waals surface area contributed by atoms with E-state index in [-0.39, 0.29) is 5.41 Å². The van der Waals surface area contributed by atoms with Crippen molar-refractivity contribution >= 4 is 21.8 Å². The Balaban J connectivity index is 1.31. The van der Waals surface area contributed by atoms with Gasteiger partial charge >= 0.3 is 0 Å². The normalized spacial score (nSPS) is 11.9. The van der Waals surface area contributed by atoms with Gasteiger partial charge in [0, 0.05) is 16.2 Å². The topological polar surface area (TPSA) is 35.6 Å². The molecule has 33 heavy (non-hydrogen) atoms. The standard InChI is InChI=1S/C29H24N4/c1-29(2,23-11-15-25(16-12-23)32-27-9-5-3-7-21(27)19-30-32)24-13-17-26(18-14-24)33-28-10-6-4-8-22(28)20-31-33/h3-20H,1-2H3. The van der Waals surface area contributed by atoms with Gasteiger partial charge in [0.25, 0.3) is 0 Å². The predicted octanol–water partition coefficient (Wildman–Crippen LogP) is 6.69. The highest BCUT2D eigenvalue weighted by atomic mass is 15.3. The van der Waals surface area contributed by atoms with Gasteiger partial charge in [0.2, 0.25) is 0 Å². The van der Waals surface area contributed by atoms with Crippen LogP contribution in [0.5, 0.6) is 0 Å². The van der Waals surface area contributed by atoms with Gasteiger partial charge in [-0.25, -0.2) is 9.36 Å². The summed E-state index contributed by atoms with van der Waals surface area (Å²) >= 11 is 0. The lowest BCUT2D eigenvalue weighted by molar-refractivity contribution is 0.640. The number of para-hydroxylation sites is 2. The Labute approximate surface area is 192 Å². The molecule has 0 saturated carbocycles.